The van der Waals surface area contributed by atoms with Crippen molar-refractivity contribution in [1.29, 1.82) is 0 Å². The van der Waals surface area contributed by atoms with Gasteiger partial charge in [-0.3, -0.25) is 0 Å². The highest BCUT2D eigenvalue weighted by atomic mass is 32.2. The summed E-state index contributed by atoms with van der Waals surface area (Å²) in [4.78, 5) is 2.48. The Bertz CT molecular complexity index is 530. The van der Waals surface area contributed by atoms with Crippen LogP contribution in [-0.4, -0.2) is 39.5 Å². The molecule has 106 valence electrons. The predicted molar refractivity (Wildman–Crippen MR) is 76.6 cm³/mol. The summed E-state index contributed by atoms with van der Waals surface area (Å²) < 4.78 is 22.6. The number of benzene rings is 1. The number of primary sulfonamides is 1. The Morgan fingerprint density at radius 3 is 2.84 bits per heavy atom. The second-order valence-electron chi connectivity index (χ2n) is 5.15. The van der Waals surface area contributed by atoms with Crippen LogP contribution in [-0.2, 0) is 10.0 Å². The van der Waals surface area contributed by atoms with Crippen molar-refractivity contribution < 1.29 is 8.42 Å². The Morgan fingerprint density at radius 1 is 1.32 bits per heavy atom. The van der Waals surface area contributed by atoms with Gasteiger partial charge in [0.1, 0.15) is 0 Å². The summed E-state index contributed by atoms with van der Waals surface area (Å²) in [7, 11) is -1.50. The summed E-state index contributed by atoms with van der Waals surface area (Å²) in [6.07, 6.45) is 3.32. The first-order valence-electron chi connectivity index (χ1n) is 6.53. The van der Waals surface area contributed by atoms with Crippen LogP contribution in [0.15, 0.2) is 29.2 Å². The van der Waals surface area contributed by atoms with Crippen LogP contribution >= 0.6 is 0 Å². The molecule has 1 fully saturated rings. The number of nitrogens with zero attached hydrogens (tertiary/aromatic N) is 1. The fraction of sp³-hybridized carbons (Fsp3) is 0.538. The number of hydrogen-bond acceptors (Lipinski definition) is 4. The van der Waals surface area contributed by atoms with E-state index in [9.17, 15) is 8.42 Å². The van der Waals surface area contributed by atoms with E-state index in [-0.39, 0.29) is 4.90 Å². The Hall–Kier alpha value is -1.11. The highest BCUT2D eigenvalue weighted by Crippen LogP contribution is 2.19. The zero-order valence-electron chi connectivity index (χ0n) is 11.2. The molecule has 1 aromatic carbocycles. The van der Waals surface area contributed by atoms with Crippen LogP contribution in [0.25, 0.3) is 0 Å². The largest absolute Gasteiger partial charge is 0.382 e. The first-order valence-corrected chi connectivity index (χ1v) is 8.08. The number of likely N-dealkylation sites (tertiary alicyclic amines) is 1. The molecule has 1 aliphatic rings. The van der Waals surface area contributed by atoms with Gasteiger partial charge < -0.3 is 10.2 Å². The average molecular weight is 283 g/mol. The average Bonchev–Trinajstić information content (AvgIpc) is 2.54. The lowest BCUT2D eigenvalue weighted by atomic mass is 10.1. The Balaban J connectivity index is 2.07. The second-order valence-corrected chi connectivity index (χ2v) is 6.71. The molecule has 1 atom stereocenters. The Labute approximate surface area is 114 Å². The smallest absolute Gasteiger partial charge is 0.238 e. The number of nitrogens with one attached hydrogen (secondary N) is 1. The van der Waals surface area contributed by atoms with Crippen molar-refractivity contribution in [2.45, 2.75) is 30.2 Å². The zero-order valence-corrected chi connectivity index (χ0v) is 12.0. The molecule has 3 N–H and O–H groups in total. The van der Waals surface area contributed by atoms with Crippen molar-refractivity contribution >= 4 is 15.7 Å². The fourth-order valence-corrected chi connectivity index (χ4v) is 2.94. The van der Waals surface area contributed by atoms with Crippen molar-refractivity contribution in [1.82, 2.24) is 4.90 Å². The molecule has 0 aliphatic carbocycles. The topological polar surface area (TPSA) is 75.4 Å². The molecule has 6 heteroatoms. The molecule has 19 heavy (non-hydrogen) atoms. The van der Waals surface area contributed by atoms with Crippen LogP contribution in [0.3, 0.4) is 0 Å². The molecule has 1 heterocycles. The van der Waals surface area contributed by atoms with Crippen LogP contribution in [0.2, 0.25) is 0 Å². The third kappa shape index (κ3) is 4.19. The Kier molecular flexibility index (Phi) is 4.44. The molecule has 5 nitrogen and oxygen atoms in total. The molecule has 0 aromatic heterocycles. The molecular weight excluding hydrogens is 262 g/mol. The maximum Gasteiger partial charge on any atom is 0.238 e. The molecule has 1 saturated heterocycles. The fourth-order valence-electron chi connectivity index (χ4n) is 2.38. The van der Waals surface area contributed by atoms with E-state index in [1.807, 2.05) is 6.07 Å². The Morgan fingerprint density at radius 2 is 2.11 bits per heavy atom. The number of hydrogen-bond donors (Lipinski definition) is 2. The van der Waals surface area contributed by atoms with Gasteiger partial charge in [0, 0.05) is 11.7 Å². The minimum absolute atomic E-state index is 0.156. The lowest BCUT2D eigenvalue weighted by Crippen LogP contribution is -2.23. The molecule has 0 spiro atoms. The maximum atomic E-state index is 11.3. The van der Waals surface area contributed by atoms with Gasteiger partial charge in [0.05, 0.1) is 4.90 Å². The second kappa shape index (κ2) is 5.90. The molecule has 1 aromatic rings. The predicted octanol–water partition coefficient (Wildman–Crippen LogP) is 1.23. The van der Waals surface area contributed by atoms with Crippen molar-refractivity contribution in [3.63, 3.8) is 0 Å². The van der Waals surface area contributed by atoms with E-state index >= 15 is 0 Å². The summed E-state index contributed by atoms with van der Waals surface area (Å²) in [5, 5.41) is 8.55. The normalized spacial score (nSPS) is 21.9. The van der Waals surface area contributed by atoms with E-state index in [1.54, 1.807) is 12.1 Å². The van der Waals surface area contributed by atoms with Crippen LogP contribution in [0.5, 0.6) is 0 Å². The maximum absolute atomic E-state index is 11.3. The van der Waals surface area contributed by atoms with Crippen molar-refractivity contribution in [2.75, 3.05) is 25.5 Å². The highest BCUT2D eigenvalue weighted by molar-refractivity contribution is 7.89. The summed E-state index contributed by atoms with van der Waals surface area (Å²) in [6.45, 7) is 2.18. The van der Waals surface area contributed by atoms with E-state index in [2.05, 4.69) is 17.3 Å². The van der Waals surface area contributed by atoms with E-state index in [0.717, 1.165) is 38.0 Å². The minimum atomic E-state index is -3.63. The highest BCUT2D eigenvalue weighted by Gasteiger charge is 2.15. The van der Waals surface area contributed by atoms with Gasteiger partial charge in [0.15, 0.2) is 0 Å². The van der Waals surface area contributed by atoms with E-state index in [4.69, 9.17) is 5.14 Å². The molecule has 1 aliphatic heterocycles. The number of anilines is 1. The monoisotopic (exact) mass is 283 g/mol. The molecule has 0 amide bonds. The van der Waals surface area contributed by atoms with Crippen molar-refractivity contribution in [3.05, 3.63) is 24.3 Å². The molecule has 0 saturated carbocycles. The van der Waals surface area contributed by atoms with Gasteiger partial charge in [-0.1, -0.05) is 6.07 Å². The molecule has 1 unspecified atom stereocenters. The van der Waals surface area contributed by atoms with Crippen LogP contribution in [0.1, 0.15) is 19.3 Å². The van der Waals surface area contributed by atoms with Crippen molar-refractivity contribution in [3.8, 4) is 0 Å². The van der Waals surface area contributed by atoms with E-state index in [1.165, 1.54) is 6.07 Å². The summed E-state index contributed by atoms with van der Waals surface area (Å²) >= 11 is 0. The lowest BCUT2D eigenvalue weighted by molar-refractivity contribution is 0.348. The van der Waals surface area contributed by atoms with Crippen LogP contribution < -0.4 is 10.5 Å². The van der Waals surface area contributed by atoms with Gasteiger partial charge in [-0.15, -0.1) is 0 Å². The first-order chi connectivity index (χ1) is 8.95. The van der Waals surface area contributed by atoms with Gasteiger partial charge >= 0.3 is 0 Å². The zero-order chi connectivity index (χ0) is 13.9. The van der Waals surface area contributed by atoms with E-state index in [0.29, 0.717) is 6.04 Å². The number of rotatable bonds is 3. The lowest BCUT2D eigenvalue weighted by Gasteiger charge is -2.18. The standard InChI is InChI=1S/C13H21N3O2S/c1-16-8-3-5-11(7-9-16)15-12-4-2-6-13(10-12)19(14,17)18/h2,4,6,10-11,15H,3,5,7-9H2,1H3,(H2,14,17,18). The molecule has 0 radical (unpaired) electrons. The summed E-state index contributed by atoms with van der Waals surface area (Å²) in [5.41, 5.74) is 0.820. The quantitative estimate of drug-likeness (QED) is 0.875. The minimum Gasteiger partial charge on any atom is -0.382 e. The molecule has 2 rings (SSSR count). The molecule has 0 bridgehead atoms. The van der Waals surface area contributed by atoms with Gasteiger partial charge in [-0.05, 0) is 57.6 Å². The SMILES string of the molecule is CN1CCCC(Nc2cccc(S(N)(=O)=O)c2)CC1. The van der Waals surface area contributed by atoms with Gasteiger partial charge in [0.2, 0.25) is 10.0 Å². The van der Waals surface area contributed by atoms with Gasteiger partial charge in [0.25, 0.3) is 0 Å². The summed E-state index contributed by atoms with van der Waals surface area (Å²) in [6, 6.07) is 7.10. The van der Waals surface area contributed by atoms with E-state index < -0.39 is 10.0 Å². The number of nitrogens with two attached hydrogens (primary N) is 1. The molecular formula is C13H21N3O2S. The van der Waals surface area contributed by atoms with Gasteiger partial charge in [-0.25, -0.2) is 13.6 Å². The van der Waals surface area contributed by atoms with Crippen LogP contribution in [0, 0.1) is 0 Å². The number of sulfonamides is 1. The van der Waals surface area contributed by atoms with Crippen LogP contribution in [0.4, 0.5) is 5.69 Å². The third-order valence-electron chi connectivity index (χ3n) is 3.49. The van der Waals surface area contributed by atoms with Crippen molar-refractivity contribution in [2.24, 2.45) is 5.14 Å². The third-order valence-corrected chi connectivity index (χ3v) is 4.40. The first kappa shape index (κ1) is 14.3. The van der Waals surface area contributed by atoms with Gasteiger partial charge in [-0.2, -0.15) is 0 Å². The summed E-state index contributed by atoms with van der Waals surface area (Å²) in [5.74, 6) is 0.